The summed E-state index contributed by atoms with van der Waals surface area (Å²) in [6.07, 6.45) is 3.01. The van der Waals surface area contributed by atoms with Gasteiger partial charge in [0.05, 0.1) is 28.9 Å². The van der Waals surface area contributed by atoms with E-state index in [0.717, 1.165) is 19.3 Å². The maximum absolute atomic E-state index is 12.4. The smallest absolute Gasteiger partial charge is 0.179 e. The fraction of sp³-hybridized carbons (Fsp3) is 0.562. The fourth-order valence-electron chi connectivity index (χ4n) is 3.04. The standard InChI is InChI=1S/C16H22N2O3S/c1-13-4-2-6-15(12-19)18(13)8-9-22(20,21)16-7-3-5-14(10-16)11-17/h3,5,7,10,13,15,19H,2,4,6,8-9,12H2,1H3. The molecule has 6 heteroatoms. The lowest BCUT2D eigenvalue weighted by Crippen LogP contribution is -2.48. The van der Waals surface area contributed by atoms with E-state index in [1.165, 1.54) is 12.1 Å². The normalized spacial score (nSPS) is 23.1. The third kappa shape index (κ3) is 3.86. The second kappa shape index (κ2) is 7.23. The molecule has 0 spiro atoms. The van der Waals surface area contributed by atoms with Gasteiger partial charge in [-0.1, -0.05) is 12.5 Å². The van der Waals surface area contributed by atoms with E-state index in [-0.39, 0.29) is 29.3 Å². The highest BCUT2D eigenvalue weighted by Gasteiger charge is 2.28. The van der Waals surface area contributed by atoms with Crippen molar-refractivity contribution in [2.75, 3.05) is 18.9 Å². The van der Waals surface area contributed by atoms with E-state index in [4.69, 9.17) is 5.26 Å². The number of aliphatic hydroxyl groups excluding tert-OH is 1. The first-order valence-corrected chi connectivity index (χ1v) is 9.22. The molecule has 0 radical (unpaired) electrons. The van der Waals surface area contributed by atoms with Gasteiger partial charge >= 0.3 is 0 Å². The van der Waals surface area contributed by atoms with E-state index in [1.807, 2.05) is 6.07 Å². The average Bonchev–Trinajstić information content (AvgIpc) is 2.53. The lowest BCUT2D eigenvalue weighted by molar-refractivity contribution is 0.0574. The van der Waals surface area contributed by atoms with Gasteiger partial charge in [0.1, 0.15) is 0 Å². The SMILES string of the molecule is CC1CCCC(CO)N1CCS(=O)(=O)c1cccc(C#N)c1. The molecule has 0 aliphatic carbocycles. The molecule has 1 aromatic rings. The van der Waals surface area contributed by atoms with Gasteiger partial charge < -0.3 is 5.11 Å². The van der Waals surface area contributed by atoms with E-state index in [2.05, 4.69) is 11.8 Å². The molecule has 1 saturated heterocycles. The Hall–Kier alpha value is -1.42. The molecule has 1 aromatic carbocycles. The molecular formula is C16H22N2O3S. The molecule has 120 valence electrons. The Kier molecular flexibility index (Phi) is 5.57. The highest BCUT2D eigenvalue weighted by atomic mass is 32.2. The minimum Gasteiger partial charge on any atom is -0.395 e. The molecule has 22 heavy (non-hydrogen) atoms. The molecule has 1 heterocycles. The number of nitriles is 1. The topological polar surface area (TPSA) is 81.4 Å². The van der Waals surface area contributed by atoms with Crippen molar-refractivity contribution >= 4 is 9.84 Å². The number of likely N-dealkylation sites (tertiary alicyclic amines) is 1. The number of benzene rings is 1. The Morgan fingerprint density at radius 3 is 2.86 bits per heavy atom. The molecule has 2 atom stereocenters. The molecule has 2 rings (SSSR count). The van der Waals surface area contributed by atoms with Crippen molar-refractivity contribution in [2.45, 2.75) is 43.2 Å². The van der Waals surface area contributed by atoms with Gasteiger partial charge in [-0.15, -0.1) is 0 Å². The van der Waals surface area contributed by atoms with Crippen LogP contribution in [0.1, 0.15) is 31.7 Å². The van der Waals surface area contributed by atoms with Crippen LogP contribution >= 0.6 is 0 Å². The molecule has 1 N–H and O–H groups in total. The summed E-state index contributed by atoms with van der Waals surface area (Å²) in [5.41, 5.74) is 0.348. The van der Waals surface area contributed by atoms with Crippen molar-refractivity contribution in [1.29, 1.82) is 5.26 Å². The molecule has 0 aromatic heterocycles. The molecule has 1 fully saturated rings. The van der Waals surface area contributed by atoms with Crippen molar-refractivity contribution in [1.82, 2.24) is 4.90 Å². The van der Waals surface area contributed by atoms with Gasteiger partial charge in [-0.25, -0.2) is 8.42 Å². The molecule has 5 nitrogen and oxygen atoms in total. The van der Waals surface area contributed by atoms with Crippen molar-refractivity contribution in [2.24, 2.45) is 0 Å². The van der Waals surface area contributed by atoms with Crippen molar-refractivity contribution in [3.63, 3.8) is 0 Å². The summed E-state index contributed by atoms with van der Waals surface area (Å²) in [5, 5.41) is 18.3. The van der Waals surface area contributed by atoms with Crippen LogP contribution in [-0.2, 0) is 9.84 Å². The summed E-state index contributed by atoms with van der Waals surface area (Å²) in [6.45, 7) is 2.55. The van der Waals surface area contributed by atoms with E-state index in [9.17, 15) is 13.5 Å². The van der Waals surface area contributed by atoms with Crippen LogP contribution in [0.5, 0.6) is 0 Å². The number of sulfone groups is 1. The maximum Gasteiger partial charge on any atom is 0.179 e. The summed E-state index contributed by atoms with van der Waals surface area (Å²) in [6, 6.07) is 8.41. The highest BCUT2D eigenvalue weighted by Crippen LogP contribution is 2.23. The van der Waals surface area contributed by atoms with Crippen LogP contribution in [0.15, 0.2) is 29.2 Å². The zero-order chi connectivity index (χ0) is 16.2. The van der Waals surface area contributed by atoms with Crippen LogP contribution in [0.2, 0.25) is 0 Å². The van der Waals surface area contributed by atoms with Crippen LogP contribution in [0, 0.1) is 11.3 Å². The third-order valence-electron chi connectivity index (χ3n) is 4.35. The average molecular weight is 322 g/mol. The third-order valence-corrected chi connectivity index (χ3v) is 6.04. The van der Waals surface area contributed by atoms with E-state index >= 15 is 0 Å². The van der Waals surface area contributed by atoms with Crippen molar-refractivity contribution < 1.29 is 13.5 Å². The molecule has 2 unspecified atom stereocenters. The maximum atomic E-state index is 12.4. The van der Waals surface area contributed by atoms with Gasteiger partial charge in [0, 0.05) is 18.6 Å². The predicted molar refractivity (Wildman–Crippen MR) is 84.1 cm³/mol. The Balaban J connectivity index is 2.10. The number of rotatable bonds is 5. The number of piperidine rings is 1. The van der Waals surface area contributed by atoms with Crippen LogP contribution in [-0.4, -0.2) is 49.4 Å². The summed E-state index contributed by atoms with van der Waals surface area (Å²) < 4.78 is 24.9. The van der Waals surface area contributed by atoms with E-state index in [0.29, 0.717) is 12.1 Å². The zero-order valence-electron chi connectivity index (χ0n) is 12.8. The first-order valence-electron chi connectivity index (χ1n) is 7.57. The van der Waals surface area contributed by atoms with Crippen LogP contribution in [0.4, 0.5) is 0 Å². The Morgan fingerprint density at radius 1 is 1.41 bits per heavy atom. The summed E-state index contributed by atoms with van der Waals surface area (Å²) in [5.74, 6) is 0.00270. The summed E-state index contributed by atoms with van der Waals surface area (Å²) in [4.78, 5) is 2.28. The van der Waals surface area contributed by atoms with Gasteiger partial charge in [-0.2, -0.15) is 5.26 Å². The number of aliphatic hydroxyl groups is 1. The van der Waals surface area contributed by atoms with Gasteiger partial charge in [0.2, 0.25) is 0 Å². The van der Waals surface area contributed by atoms with Gasteiger partial charge in [0.15, 0.2) is 9.84 Å². The summed E-state index contributed by atoms with van der Waals surface area (Å²) >= 11 is 0. The minimum absolute atomic E-state index is 0.00270. The van der Waals surface area contributed by atoms with Gasteiger partial charge in [-0.3, -0.25) is 4.90 Å². The predicted octanol–water partition coefficient (Wildman–Crippen LogP) is 1.57. The monoisotopic (exact) mass is 322 g/mol. The molecule has 0 amide bonds. The number of hydrogen-bond donors (Lipinski definition) is 1. The van der Waals surface area contributed by atoms with Crippen molar-refractivity contribution in [3.05, 3.63) is 29.8 Å². The molecule has 0 bridgehead atoms. The first kappa shape index (κ1) is 16.9. The Bertz CT molecular complexity index is 652. The second-order valence-corrected chi connectivity index (χ2v) is 7.92. The molecule has 1 aliphatic rings. The highest BCUT2D eigenvalue weighted by molar-refractivity contribution is 7.91. The quantitative estimate of drug-likeness (QED) is 0.890. The minimum atomic E-state index is -3.42. The summed E-state index contributed by atoms with van der Waals surface area (Å²) in [7, 11) is -3.42. The number of nitrogens with zero attached hydrogens (tertiary/aromatic N) is 2. The largest absolute Gasteiger partial charge is 0.395 e. The van der Waals surface area contributed by atoms with Crippen LogP contribution < -0.4 is 0 Å². The van der Waals surface area contributed by atoms with Gasteiger partial charge in [0.25, 0.3) is 0 Å². The fourth-order valence-corrected chi connectivity index (χ4v) is 4.32. The zero-order valence-corrected chi connectivity index (χ0v) is 13.6. The number of hydrogen-bond acceptors (Lipinski definition) is 5. The van der Waals surface area contributed by atoms with Crippen molar-refractivity contribution in [3.8, 4) is 6.07 Å². The van der Waals surface area contributed by atoms with E-state index in [1.54, 1.807) is 12.1 Å². The van der Waals surface area contributed by atoms with E-state index < -0.39 is 9.84 Å². The molecule has 0 saturated carbocycles. The van der Waals surface area contributed by atoms with Gasteiger partial charge in [-0.05, 0) is 38.0 Å². The lowest BCUT2D eigenvalue weighted by atomic mass is 9.97. The van der Waals surface area contributed by atoms with Crippen LogP contribution in [0.3, 0.4) is 0 Å². The first-order chi connectivity index (χ1) is 10.5. The Labute approximate surface area is 132 Å². The molecular weight excluding hydrogens is 300 g/mol. The second-order valence-electron chi connectivity index (χ2n) is 5.81. The lowest BCUT2D eigenvalue weighted by Gasteiger charge is -2.39. The van der Waals surface area contributed by atoms with Crippen LogP contribution in [0.25, 0.3) is 0 Å². The molecule has 1 aliphatic heterocycles. The Morgan fingerprint density at radius 2 is 2.18 bits per heavy atom.